The number of aromatic nitrogens is 1. The molecule has 0 radical (unpaired) electrons. The van der Waals surface area contributed by atoms with Crippen LogP contribution in [0.15, 0.2) is 24.3 Å². The van der Waals surface area contributed by atoms with Crippen LogP contribution in [-0.2, 0) is 18.0 Å². The van der Waals surface area contributed by atoms with Gasteiger partial charge in [0, 0.05) is 7.11 Å². The van der Waals surface area contributed by atoms with E-state index >= 15 is 0 Å². The van der Waals surface area contributed by atoms with E-state index in [1.165, 1.54) is 11.3 Å². The maximum atomic E-state index is 9.36. The number of benzene rings is 1. The zero-order valence-electron chi connectivity index (χ0n) is 11.0. The lowest BCUT2D eigenvalue weighted by atomic mass is 10.2. The highest BCUT2D eigenvalue weighted by atomic mass is 32.1. The van der Waals surface area contributed by atoms with E-state index in [9.17, 15) is 5.11 Å². The fourth-order valence-electron chi connectivity index (χ4n) is 1.80. The van der Waals surface area contributed by atoms with Crippen molar-refractivity contribution in [2.24, 2.45) is 0 Å². The van der Waals surface area contributed by atoms with Gasteiger partial charge < -0.3 is 14.6 Å². The molecule has 19 heavy (non-hydrogen) atoms. The van der Waals surface area contributed by atoms with Gasteiger partial charge in [-0.2, -0.15) is 0 Å². The number of aliphatic hydroxyl groups is 1. The van der Waals surface area contributed by atoms with E-state index in [1.807, 2.05) is 31.2 Å². The zero-order valence-corrected chi connectivity index (χ0v) is 11.9. The minimum Gasteiger partial charge on any atom is -0.493 e. The number of rotatable bonds is 6. The maximum Gasteiger partial charge on any atom is 0.129 e. The number of hydrogen-bond acceptors (Lipinski definition) is 5. The number of hydrogen-bond donors (Lipinski definition) is 1. The van der Waals surface area contributed by atoms with Crippen molar-refractivity contribution < 1.29 is 14.6 Å². The average molecular weight is 279 g/mol. The Morgan fingerprint density at radius 2 is 2.11 bits per heavy atom. The summed E-state index contributed by atoms with van der Waals surface area (Å²) in [5, 5.41) is 10.2. The first-order valence-corrected chi connectivity index (χ1v) is 6.92. The molecule has 1 aromatic heterocycles. The molecule has 0 atom stereocenters. The van der Waals surface area contributed by atoms with Crippen LogP contribution in [0, 0.1) is 0 Å². The van der Waals surface area contributed by atoms with E-state index < -0.39 is 0 Å². The predicted molar refractivity (Wildman–Crippen MR) is 75.4 cm³/mol. The highest BCUT2D eigenvalue weighted by molar-refractivity contribution is 7.15. The molecular weight excluding hydrogens is 262 g/mol. The Kier molecular flexibility index (Phi) is 4.90. The predicted octanol–water partition coefficient (Wildman–Crippen LogP) is 2.85. The third kappa shape index (κ3) is 3.12. The second-order valence-electron chi connectivity index (χ2n) is 3.91. The Morgan fingerprint density at radius 3 is 2.79 bits per heavy atom. The molecule has 1 heterocycles. The van der Waals surface area contributed by atoms with Gasteiger partial charge in [0.2, 0.25) is 0 Å². The van der Waals surface area contributed by atoms with Gasteiger partial charge in [-0.05, 0) is 19.1 Å². The van der Waals surface area contributed by atoms with E-state index in [2.05, 4.69) is 4.98 Å². The normalized spacial score (nSPS) is 10.7. The number of thiazole rings is 1. The van der Waals surface area contributed by atoms with Crippen LogP contribution < -0.4 is 4.74 Å². The first kappa shape index (κ1) is 14.0. The highest BCUT2D eigenvalue weighted by Crippen LogP contribution is 2.34. The Balaban J connectivity index is 2.41. The number of nitrogens with zero attached hydrogens (tertiary/aromatic N) is 1. The maximum absolute atomic E-state index is 9.36. The Bertz CT molecular complexity index is 539. The van der Waals surface area contributed by atoms with E-state index in [0.29, 0.717) is 13.2 Å². The molecule has 0 bridgehead atoms. The molecule has 0 saturated carbocycles. The third-order valence-electron chi connectivity index (χ3n) is 2.62. The third-order valence-corrected chi connectivity index (χ3v) is 3.74. The van der Waals surface area contributed by atoms with Crippen molar-refractivity contribution in [1.82, 2.24) is 4.98 Å². The number of para-hydroxylation sites is 1. The second-order valence-corrected chi connectivity index (χ2v) is 4.99. The first-order chi connectivity index (χ1) is 9.30. The Hall–Kier alpha value is -1.43. The van der Waals surface area contributed by atoms with Gasteiger partial charge in [0.05, 0.1) is 36.0 Å². The highest BCUT2D eigenvalue weighted by Gasteiger charge is 2.14. The van der Waals surface area contributed by atoms with Crippen LogP contribution in [0.1, 0.15) is 17.5 Å². The molecule has 0 spiro atoms. The largest absolute Gasteiger partial charge is 0.493 e. The molecule has 102 valence electrons. The molecule has 0 saturated heterocycles. The van der Waals surface area contributed by atoms with E-state index in [-0.39, 0.29) is 6.61 Å². The molecule has 4 nitrogen and oxygen atoms in total. The van der Waals surface area contributed by atoms with Crippen molar-refractivity contribution in [3.05, 3.63) is 34.8 Å². The van der Waals surface area contributed by atoms with Gasteiger partial charge in [-0.3, -0.25) is 0 Å². The molecule has 2 rings (SSSR count). The van der Waals surface area contributed by atoms with Gasteiger partial charge in [0.15, 0.2) is 0 Å². The number of methoxy groups -OCH3 is 1. The van der Waals surface area contributed by atoms with Crippen LogP contribution in [0.2, 0.25) is 0 Å². The quantitative estimate of drug-likeness (QED) is 0.883. The van der Waals surface area contributed by atoms with E-state index in [4.69, 9.17) is 9.47 Å². The summed E-state index contributed by atoms with van der Waals surface area (Å²) in [5.41, 5.74) is 1.74. The SMILES string of the molecule is CCOc1ccccc1-c1nc(COC)c(CO)s1. The molecule has 0 aliphatic heterocycles. The molecule has 0 unspecified atom stereocenters. The van der Waals surface area contributed by atoms with Gasteiger partial charge in [0.1, 0.15) is 10.8 Å². The van der Waals surface area contributed by atoms with Crippen LogP contribution >= 0.6 is 11.3 Å². The van der Waals surface area contributed by atoms with Crippen molar-refractivity contribution in [1.29, 1.82) is 0 Å². The molecule has 1 aromatic carbocycles. The monoisotopic (exact) mass is 279 g/mol. The molecule has 0 amide bonds. The van der Waals surface area contributed by atoms with Crippen LogP contribution in [0.5, 0.6) is 5.75 Å². The van der Waals surface area contributed by atoms with Crippen LogP contribution in [0.25, 0.3) is 10.6 Å². The summed E-state index contributed by atoms with van der Waals surface area (Å²) in [6.45, 7) is 2.95. The van der Waals surface area contributed by atoms with Gasteiger partial charge >= 0.3 is 0 Å². The average Bonchev–Trinajstić information content (AvgIpc) is 2.83. The molecule has 0 fully saturated rings. The van der Waals surface area contributed by atoms with E-state index in [0.717, 1.165) is 26.9 Å². The van der Waals surface area contributed by atoms with Crippen LogP contribution in [0.3, 0.4) is 0 Å². The summed E-state index contributed by atoms with van der Waals surface area (Å²) in [5.74, 6) is 0.812. The lowest BCUT2D eigenvalue weighted by Gasteiger charge is -2.07. The first-order valence-electron chi connectivity index (χ1n) is 6.10. The summed E-state index contributed by atoms with van der Waals surface area (Å²) >= 11 is 1.47. The molecule has 5 heteroatoms. The lowest BCUT2D eigenvalue weighted by molar-refractivity contribution is 0.179. The zero-order chi connectivity index (χ0) is 13.7. The second kappa shape index (κ2) is 6.65. The number of ether oxygens (including phenoxy) is 2. The van der Waals surface area contributed by atoms with Crippen LogP contribution in [-0.4, -0.2) is 23.8 Å². The number of aliphatic hydroxyl groups excluding tert-OH is 1. The topological polar surface area (TPSA) is 51.6 Å². The molecule has 1 N–H and O–H groups in total. The minimum absolute atomic E-state index is 0.0207. The summed E-state index contributed by atoms with van der Waals surface area (Å²) in [6.07, 6.45) is 0. The Labute approximate surface area is 116 Å². The van der Waals surface area contributed by atoms with Crippen molar-refractivity contribution in [3.63, 3.8) is 0 Å². The van der Waals surface area contributed by atoms with Gasteiger partial charge in [-0.25, -0.2) is 4.98 Å². The molecular formula is C14H17NO3S. The smallest absolute Gasteiger partial charge is 0.129 e. The summed E-state index contributed by atoms with van der Waals surface area (Å²) in [4.78, 5) is 5.37. The van der Waals surface area contributed by atoms with Crippen molar-refractivity contribution in [2.45, 2.75) is 20.1 Å². The summed E-state index contributed by atoms with van der Waals surface area (Å²) in [7, 11) is 1.62. The summed E-state index contributed by atoms with van der Waals surface area (Å²) in [6, 6.07) is 7.79. The fourth-order valence-corrected chi connectivity index (χ4v) is 2.75. The standard InChI is InChI=1S/C14H17NO3S/c1-3-18-12-7-5-4-6-10(12)14-15-11(9-17-2)13(8-16)19-14/h4-7,16H,3,8-9H2,1-2H3. The Morgan fingerprint density at radius 1 is 1.32 bits per heavy atom. The minimum atomic E-state index is -0.0207. The van der Waals surface area contributed by atoms with Crippen molar-refractivity contribution >= 4 is 11.3 Å². The van der Waals surface area contributed by atoms with Gasteiger partial charge in [0.25, 0.3) is 0 Å². The molecule has 0 aliphatic rings. The van der Waals surface area contributed by atoms with Crippen molar-refractivity contribution in [3.8, 4) is 16.3 Å². The summed E-state index contributed by atoms with van der Waals surface area (Å²) < 4.78 is 10.7. The fraction of sp³-hybridized carbons (Fsp3) is 0.357. The van der Waals surface area contributed by atoms with Gasteiger partial charge in [-0.1, -0.05) is 12.1 Å². The molecule has 0 aliphatic carbocycles. The van der Waals surface area contributed by atoms with Crippen LogP contribution in [0.4, 0.5) is 0 Å². The van der Waals surface area contributed by atoms with E-state index in [1.54, 1.807) is 7.11 Å². The molecule has 2 aromatic rings. The van der Waals surface area contributed by atoms with Gasteiger partial charge in [-0.15, -0.1) is 11.3 Å². The lowest BCUT2D eigenvalue weighted by Crippen LogP contribution is -1.94. The van der Waals surface area contributed by atoms with Crippen molar-refractivity contribution in [2.75, 3.05) is 13.7 Å².